The van der Waals surface area contributed by atoms with Crippen molar-refractivity contribution in [1.82, 2.24) is 56.8 Å². The Morgan fingerprint density at radius 2 is 0.929 bits per heavy atom. The van der Waals surface area contributed by atoms with Gasteiger partial charge in [-0.1, -0.05) is 160 Å². The predicted molar refractivity (Wildman–Crippen MR) is 422 cm³/mol. The van der Waals surface area contributed by atoms with Gasteiger partial charge in [0.1, 0.15) is 29.8 Å². The Morgan fingerprint density at radius 3 is 1.29 bits per heavy atom. The molecule has 14 atom stereocenters. The molecule has 113 heavy (non-hydrogen) atoms. The van der Waals surface area contributed by atoms with Crippen LogP contribution in [0.15, 0.2) is 30.3 Å². The van der Waals surface area contributed by atoms with Crippen molar-refractivity contribution in [3.8, 4) is 0 Å². The third-order valence-corrected chi connectivity index (χ3v) is 23.5. The van der Waals surface area contributed by atoms with Gasteiger partial charge in [-0.3, -0.25) is 67.3 Å². The Labute approximate surface area is 668 Å². The van der Waals surface area contributed by atoms with E-state index >= 15 is 0 Å². The Kier molecular flexibility index (Phi) is 32.3. The van der Waals surface area contributed by atoms with Gasteiger partial charge in [0.2, 0.25) is 64.9 Å². The number of urea groups is 1. The van der Waals surface area contributed by atoms with E-state index in [9.17, 15) is 71.9 Å². The third-order valence-electron chi connectivity index (χ3n) is 23.5. The summed E-state index contributed by atoms with van der Waals surface area (Å²) in [7, 11) is 0. The van der Waals surface area contributed by atoms with E-state index in [0.717, 1.165) is 44.9 Å². The summed E-state index contributed by atoms with van der Waals surface area (Å²) < 4.78 is 17.6. The smallest absolute Gasteiger partial charge is 0.408 e. The van der Waals surface area contributed by atoms with E-state index in [1.54, 1.807) is 34.6 Å². The number of fused-ring (bicyclic) bond motifs is 6. The van der Waals surface area contributed by atoms with E-state index < -0.39 is 136 Å². The van der Waals surface area contributed by atoms with Crippen LogP contribution < -0.4 is 37.2 Å². The standard InChI is InChI=1S/C39H62N6O8.C30H48N4O7.C14H22N2O3/c1-10-17-40-34(50)32(48)25-16-14-12-11-13-15-18-53-23(2)30(35(51)45-21-24-29(39(24,8)9)31(45)33(49)41-25)43-36(52)42-26(37(3,4)5)22-44-27(46)19-38(6,7)20-28(44)47;1-8-15-31-26(37)24(35)20-14-12-10-9-11-13-16-40-18(2)22(33-28(39)41-29(3,4)5)27(38)34-17-19-21(30(19,6)7)23(34)25(36)32-20;1-13(2,3)10(15-9-17)8-16-11(18)6-14(4,5)7-12(16)19/h10,23-26,29-31H,1,11-22H2,2-9H3,(H,40,50)(H,41,49)(H2,42,43,52);8,18-23H,1,9-17H2,2-7H3,(H,31,37)(H,32,36)(H,33,39);10H,6-8H2,1-5H3/t23-,24-,25-,26+,29-,30-,31-;18-,19-,20-,21-,22-,23-;10-/m001/s1. The monoisotopic (exact) mass is 1580 g/mol. The number of hydrogen-bond acceptors (Lipinski definition) is 19. The number of carbonyl (C=O) groups is 14. The van der Waals surface area contributed by atoms with Crippen LogP contribution in [-0.2, 0) is 76.5 Å². The molecule has 13 amide bonds. The van der Waals surface area contributed by atoms with Crippen molar-refractivity contribution >= 4 is 88.8 Å². The van der Waals surface area contributed by atoms with Gasteiger partial charge in [-0.2, -0.15) is 0 Å². The molecule has 6 aliphatic heterocycles. The van der Waals surface area contributed by atoms with Gasteiger partial charge >= 0.3 is 12.1 Å². The first-order valence-electron chi connectivity index (χ1n) is 40.6. The maximum Gasteiger partial charge on any atom is 0.408 e. The Balaban J connectivity index is 0.000000292. The third kappa shape index (κ3) is 25.4. The minimum absolute atomic E-state index is 0.0202. The molecule has 0 unspecified atom stereocenters. The maximum atomic E-state index is 14.6. The highest BCUT2D eigenvalue weighted by molar-refractivity contribution is 6.39. The van der Waals surface area contributed by atoms with Crippen molar-refractivity contribution in [1.29, 1.82) is 0 Å². The van der Waals surface area contributed by atoms with Gasteiger partial charge in [0.25, 0.3) is 11.8 Å². The lowest BCUT2D eigenvalue weighted by molar-refractivity contribution is -0.154. The molecule has 0 aromatic rings. The molecule has 8 rings (SSSR count). The van der Waals surface area contributed by atoms with Crippen LogP contribution in [0, 0.1) is 56.2 Å². The average molecular weight is 1590 g/mol. The number of Topliss-reactive ketones (excluding diaryl/α,β-unsaturated/α-hetero) is 2. The lowest BCUT2D eigenvalue weighted by Crippen LogP contribution is -2.63. The fraction of sp³-hybridized carbons (Fsp3) is 0.771. The summed E-state index contributed by atoms with van der Waals surface area (Å²) >= 11 is 0. The van der Waals surface area contributed by atoms with Crippen molar-refractivity contribution in [2.75, 3.05) is 52.5 Å². The molecule has 0 radical (unpaired) electrons. The van der Waals surface area contributed by atoms with E-state index in [2.05, 4.69) is 69.2 Å². The van der Waals surface area contributed by atoms with Gasteiger partial charge in [0.15, 0.2) is 0 Å². The van der Waals surface area contributed by atoms with Crippen LogP contribution in [0.1, 0.15) is 234 Å². The number of aliphatic imine (C=N–C) groups is 1. The molecule has 2 aliphatic carbocycles. The van der Waals surface area contributed by atoms with E-state index in [0.29, 0.717) is 58.3 Å². The quantitative estimate of drug-likeness (QED) is 0.0263. The first-order chi connectivity index (χ1) is 52.4. The van der Waals surface area contributed by atoms with Gasteiger partial charge in [-0.25, -0.2) is 19.4 Å². The zero-order valence-corrected chi connectivity index (χ0v) is 70.7. The first-order valence-corrected chi connectivity index (χ1v) is 40.6. The van der Waals surface area contributed by atoms with Gasteiger partial charge in [-0.15, -0.1) is 13.2 Å². The molecule has 30 nitrogen and oxygen atoms in total. The number of alkyl carbamates (subject to hydrolysis) is 1. The Morgan fingerprint density at radius 1 is 0.558 bits per heavy atom. The first kappa shape index (κ1) is 93.6. The molecule has 8 aliphatic rings. The molecule has 30 heteroatoms. The van der Waals surface area contributed by atoms with E-state index in [4.69, 9.17) is 14.2 Å². The number of ketones is 2. The van der Waals surface area contributed by atoms with Crippen LogP contribution in [0.2, 0.25) is 0 Å². The normalized spacial score (nSPS) is 28.7. The van der Waals surface area contributed by atoms with Crippen LogP contribution in [0.5, 0.6) is 0 Å². The van der Waals surface area contributed by atoms with Crippen LogP contribution >= 0.6 is 0 Å². The summed E-state index contributed by atoms with van der Waals surface area (Å²) in [6.07, 6.45) is 11.9. The van der Waals surface area contributed by atoms with Crippen LogP contribution in [0.4, 0.5) is 9.59 Å². The van der Waals surface area contributed by atoms with Gasteiger partial charge in [-0.05, 0) is 116 Å². The van der Waals surface area contributed by atoms with Crippen molar-refractivity contribution in [2.45, 2.75) is 300 Å². The zero-order valence-electron chi connectivity index (χ0n) is 70.7. The average Bonchev–Trinajstić information content (AvgIpc) is 1.53. The Bertz CT molecular complexity index is 3540. The van der Waals surface area contributed by atoms with Crippen molar-refractivity contribution in [2.24, 2.45) is 61.2 Å². The molecule has 0 spiro atoms. The van der Waals surface area contributed by atoms with Gasteiger partial charge < -0.3 is 61.2 Å². The molecule has 0 aromatic heterocycles. The van der Waals surface area contributed by atoms with E-state index in [-0.39, 0.29) is 121 Å². The highest BCUT2D eigenvalue weighted by Crippen LogP contribution is 2.66. The number of isocyanates is 1. The minimum Gasteiger partial charge on any atom is -0.444 e. The van der Waals surface area contributed by atoms with Gasteiger partial charge in [0, 0.05) is 71.6 Å². The SMILES string of the molecule is C=CCNC(=O)C(=O)[C@@H]1CCCCCCCO[C@@H](C)[C@H](NC(=O)N[C@H](CN2C(=O)CC(C)(C)CC2=O)C(C)(C)C)C(=O)N2C[C@H]3[C@@H]([C@H]2C(=O)N1)C3(C)C.C=CCNC(=O)C(=O)[C@@H]1CCCCCCCO[C@@H](C)[C@H](NC(=O)OC(C)(C)C)C(=O)N2C[C@H]3[C@@H]([C@H]2C(=O)N1)C3(C)C.CC1(C)CC(=O)N(C[C@@H](N=C=O)C(C)(C)C)C(=O)C1. The molecule has 7 N–H and O–H groups in total. The molecule has 8 fully saturated rings. The molecule has 0 bridgehead atoms. The molecule has 2 saturated carbocycles. The number of hydrogen-bond donors (Lipinski definition) is 7. The zero-order chi connectivity index (χ0) is 84.8. The van der Waals surface area contributed by atoms with Crippen LogP contribution in [0.25, 0.3) is 0 Å². The van der Waals surface area contributed by atoms with Crippen molar-refractivity contribution in [3.63, 3.8) is 0 Å². The number of likely N-dealkylation sites (tertiary alicyclic amines) is 2. The fourth-order valence-electron chi connectivity index (χ4n) is 16.4. The van der Waals surface area contributed by atoms with Crippen LogP contribution in [0.3, 0.4) is 0 Å². The second-order valence-corrected chi connectivity index (χ2v) is 38.0. The number of rotatable bonds is 16. The predicted octanol–water partition coefficient (Wildman–Crippen LogP) is 7.23. The second-order valence-electron chi connectivity index (χ2n) is 38.0. The maximum absolute atomic E-state index is 14.6. The summed E-state index contributed by atoms with van der Waals surface area (Å²) in [5, 5.41) is 19.1. The number of piperidine rings is 4. The summed E-state index contributed by atoms with van der Waals surface area (Å²) in [5.74, 6) is -6.09. The summed E-state index contributed by atoms with van der Waals surface area (Å²) in [6.45, 7) is 44.8. The molecule has 0 aromatic carbocycles. The van der Waals surface area contributed by atoms with E-state index in [1.807, 2.05) is 83.1 Å². The molecular weight excluding hydrogens is 1450 g/mol. The number of ether oxygens (including phenoxy) is 3. The number of imide groups is 2. The minimum atomic E-state index is -1.18. The highest BCUT2D eigenvalue weighted by atomic mass is 16.6. The van der Waals surface area contributed by atoms with E-state index in [1.165, 1.54) is 37.8 Å². The largest absolute Gasteiger partial charge is 0.444 e. The lowest BCUT2D eigenvalue weighted by Gasteiger charge is -2.40. The number of nitrogens with one attached hydrogen (secondary N) is 7. The molecule has 6 heterocycles. The molecule has 6 saturated heterocycles. The lowest BCUT2D eigenvalue weighted by atomic mass is 9.80. The molecular formula is C83H132N12O18. The summed E-state index contributed by atoms with van der Waals surface area (Å²) in [6, 6.07) is -7.83. The molecule has 632 valence electrons. The van der Waals surface area contributed by atoms with Crippen LogP contribution in [-0.4, -0.2) is 227 Å². The fourth-order valence-corrected chi connectivity index (χ4v) is 16.4. The Hall–Kier alpha value is -8.24. The number of amides is 13. The topological polar surface area (TPSA) is 393 Å². The van der Waals surface area contributed by atoms with Crippen molar-refractivity contribution < 1.29 is 86.1 Å². The summed E-state index contributed by atoms with van der Waals surface area (Å²) in [5.41, 5.74) is -2.77. The number of carbonyl (C=O) groups excluding carboxylic acids is 15. The van der Waals surface area contributed by atoms with Gasteiger partial charge in [0.05, 0.1) is 42.9 Å². The summed E-state index contributed by atoms with van der Waals surface area (Å²) in [4.78, 5) is 205. The number of nitrogens with zero attached hydrogens (tertiary/aromatic N) is 5. The highest BCUT2D eigenvalue weighted by Gasteiger charge is 2.71. The van der Waals surface area contributed by atoms with Crippen molar-refractivity contribution in [3.05, 3.63) is 25.3 Å². The second kappa shape index (κ2) is 38.9.